The second-order valence-electron chi connectivity index (χ2n) is 21.9. The molecule has 3 aliphatic rings. The van der Waals surface area contributed by atoms with Crippen LogP contribution < -0.4 is 68.5 Å². The predicted molar refractivity (Wildman–Crippen MR) is 354 cm³/mol. The molecular formula is C65H81N15O15. The van der Waals surface area contributed by atoms with Gasteiger partial charge in [0.1, 0.15) is 12.4 Å². The van der Waals surface area contributed by atoms with Crippen molar-refractivity contribution in [1.82, 2.24) is 31.9 Å². The maximum atomic E-state index is 14.5. The second-order valence-corrected chi connectivity index (χ2v) is 21.9. The number of amides is 12. The Labute approximate surface area is 548 Å². The highest BCUT2D eigenvalue weighted by molar-refractivity contribution is 6.01. The number of carboxylic acids is 2. The molecule has 0 aliphatic carbocycles. The van der Waals surface area contributed by atoms with Gasteiger partial charge < -0.3 is 93.0 Å². The summed E-state index contributed by atoms with van der Waals surface area (Å²) in [6.07, 6.45) is 0.538. The van der Waals surface area contributed by atoms with E-state index in [1.165, 1.54) is 48.5 Å². The molecule has 6 bridgehead atoms. The molecule has 5 aromatic rings. The molecule has 0 spiro atoms. The van der Waals surface area contributed by atoms with Crippen LogP contribution in [0.5, 0.6) is 5.75 Å². The van der Waals surface area contributed by atoms with Crippen LogP contribution in [0, 0.1) is 13.8 Å². The van der Waals surface area contributed by atoms with Crippen molar-refractivity contribution in [1.29, 1.82) is 0 Å². The quantitative estimate of drug-likeness (QED) is 0.0114. The van der Waals surface area contributed by atoms with Crippen LogP contribution in [0.3, 0.4) is 0 Å². The molecule has 30 nitrogen and oxygen atoms in total. The zero-order valence-corrected chi connectivity index (χ0v) is 53.9. The van der Waals surface area contributed by atoms with Crippen LogP contribution in [0.1, 0.15) is 106 Å². The van der Waals surface area contributed by atoms with Crippen molar-refractivity contribution in [3.8, 4) is 5.75 Å². The molecule has 506 valence electrons. The van der Waals surface area contributed by atoms with Crippen molar-refractivity contribution in [2.24, 2.45) is 5.11 Å². The van der Waals surface area contributed by atoms with E-state index < -0.39 is 66.9 Å². The van der Waals surface area contributed by atoms with E-state index in [4.69, 9.17) is 24.5 Å². The monoisotopic (exact) mass is 1310 g/mol. The van der Waals surface area contributed by atoms with Gasteiger partial charge in [0.2, 0.25) is 0 Å². The maximum absolute atomic E-state index is 14.5. The summed E-state index contributed by atoms with van der Waals surface area (Å²) in [4.78, 5) is 125. The highest BCUT2D eigenvalue weighted by Crippen LogP contribution is 2.36. The molecule has 0 aromatic heterocycles. The number of aliphatic carboxylic acids is 2. The molecule has 0 saturated carbocycles. The Balaban J connectivity index is 1.43. The average molecular weight is 1310 g/mol. The van der Waals surface area contributed by atoms with E-state index in [0.717, 1.165) is 22.3 Å². The topological polar surface area (TPSA) is 424 Å². The molecule has 0 radical (unpaired) electrons. The summed E-state index contributed by atoms with van der Waals surface area (Å²) in [6.45, 7) is 10.8. The largest absolute Gasteiger partial charge is 0.490 e. The molecule has 14 N–H and O–H groups in total. The lowest BCUT2D eigenvalue weighted by Crippen LogP contribution is -2.34. The van der Waals surface area contributed by atoms with Gasteiger partial charge in [0, 0.05) is 61.9 Å². The molecule has 12 amide bonds. The van der Waals surface area contributed by atoms with Gasteiger partial charge in [-0.05, 0) is 155 Å². The normalized spacial score (nSPS) is 14.0. The summed E-state index contributed by atoms with van der Waals surface area (Å²) in [6, 6.07) is 9.06. The van der Waals surface area contributed by atoms with Crippen molar-refractivity contribution in [3.63, 3.8) is 0 Å². The number of ether oxygens (including phenoxy) is 4. The molecule has 0 unspecified atom stereocenters. The van der Waals surface area contributed by atoms with Crippen molar-refractivity contribution in [2.45, 2.75) is 119 Å². The van der Waals surface area contributed by atoms with Crippen LogP contribution in [0.4, 0.5) is 62.9 Å². The first-order valence-electron chi connectivity index (χ1n) is 31.1. The number of esters is 1. The number of nitrogens with zero attached hydrogens (tertiary/aromatic N) is 3. The summed E-state index contributed by atoms with van der Waals surface area (Å²) in [7, 11) is 0. The van der Waals surface area contributed by atoms with E-state index in [9.17, 15) is 53.4 Å². The number of azide groups is 1. The Hall–Kier alpha value is -10.8. The Morgan fingerprint density at radius 3 is 1.25 bits per heavy atom. The standard InChI is InChI=1S/C65H81N15O15/c1-7-41-44-17-18-67-60(86)77-53-25-38(28-56(81)82)11-14-50(53)75-62(88)69-32-46-36(5)45-31-68-61(87)74-51-15-12-39(29-57(83)84)26-54(51)78-64(90)71-34-48(41)43(9-3)49(42(44)8-2)35-72-65(91)79-55-27-40(30-58(85)94-10-4)13-16-52(55)76-63(89)70-33-47(37(45)6)59(46)95-24-23-93-22-21-92-20-19-73-80-66/h11-16,25-27H,7-10,17-24,28-35H2,1-6H3,(H,81,82)(H,83,84)(H2,67,77,86)(H2,68,74,87)(H2,69,75,88)(H2,70,76,89)(H2,71,78,90)(H2,72,79,91). The van der Waals surface area contributed by atoms with Gasteiger partial charge in [0.15, 0.2) is 0 Å². The number of hydrogen-bond acceptors (Lipinski definition) is 14. The first-order valence-corrected chi connectivity index (χ1v) is 31.1. The van der Waals surface area contributed by atoms with Crippen LogP contribution >= 0.6 is 0 Å². The SMILES string of the molecule is CCOC(=O)Cc1ccc2c(c1)NC(=O)NCc1c(CC)c3c(CC)c(c1CC)CNC(=O)Nc1cc(CC(=O)O)ccc1NC(=O)NCc1c(C)c(c(OCCOCCOCCN=[N+]=[N-])c(c1C)CNC(=O)N2)CNC(=O)Nc1ccc(CC(=O)O)cc1NC(=O)NCC3. The van der Waals surface area contributed by atoms with Crippen LogP contribution in [0.25, 0.3) is 10.4 Å². The van der Waals surface area contributed by atoms with Crippen molar-refractivity contribution in [3.05, 3.63) is 143 Å². The number of hydrogen-bond donors (Lipinski definition) is 14. The molecule has 8 rings (SSSR count). The summed E-state index contributed by atoms with van der Waals surface area (Å²) in [5.74, 6) is -2.61. The number of benzene rings is 5. The molecule has 95 heavy (non-hydrogen) atoms. The number of carbonyl (C=O) groups excluding carboxylic acids is 7. The number of anilines is 6. The van der Waals surface area contributed by atoms with E-state index >= 15 is 0 Å². The third kappa shape index (κ3) is 20.3. The summed E-state index contributed by atoms with van der Waals surface area (Å²) < 4.78 is 23.1. The smallest absolute Gasteiger partial charge is 0.319 e. The number of rotatable bonds is 20. The molecular weight excluding hydrogens is 1230 g/mol. The summed E-state index contributed by atoms with van der Waals surface area (Å²) in [5.41, 5.74) is 17.3. The number of nitrogens with one attached hydrogen (secondary N) is 12. The second kappa shape index (κ2) is 35.3. The predicted octanol–water partition coefficient (Wildman–Crippen LogP) is 8.67. The van der Waals surface area contributed by atoms with Crippen molar-refractivity contribution < 1.29 is 72.3 Å². The Bertz CT molecular complexity index is 3760. The fraction of sp³-hybridized carbons (Fsp3) is 0.400. The molecule has 3 aliphatic heterocycles. The minimum Gasteiger partial charge on any atom is -0.490 e. The highest BCUT2D eigenvalue weighted by atomic mass is 16.5. The van der Waals surface area contributed by atoms with Gasteiger partial charge in [0.25, 0.3) is 0 Å². The molecule has 0 saturated heterocycles. The van der Waals surface area contributed by atoms with Gasteiger partial charge >= 0.3 is 54.1 Å². The Morgan fingerprint density at radius 2 is 0.842 bits per heavy atom. The first-order chi connectivity index (χ1) is 45.7. The zero-order valence-electron chi connectivity index (χ0n) is 53.9. The fourth-order valence-corrected chi connectivity index (χ4v) is 11.4. The lowest BCUT2D eigenvalue weighted by Gasteiger charge is -2.27. The van der Waals surface area contributed by atoms with Gasteiger partial charge in [-0.15, -0.1) is 0 Å². The highest BCUT2D eigenvalue weighted by Gasteiger charge is 2.27. The third-order valence-corrected chi connectivity index (χ3v) is 15.7. The molecule has 5 aromatic carbocycles. The lowest BCUT2D eigenvalue weighted by atomic mass is 9.82. The van der Waals surface area contributed by atoms with Gasteiger partial charge in [0.05, 0.1) is 86.4 Å². The van der Waals surface area contributed by atoms with E-state index in [1.54, 1.807) is 26.8 Å². The minimum absolute atomic E-state index is 0.0149. The van der Waals surface area contributed by atoms with E-state index in [2.05, 4.69) is 73.8 Å². The Kier molecular flexibility index (Phi) is 26.6. The van der Waals surface area contributed by atoms with Gasteiger partial charge in [-0.1, -0.05) is 44.1 Å². The van der Waals surface area contributed by atoms with Crippen LogP contribution in [0.15, 0.2) is 59.7 Å². The number of fused-ring (bicyclic) bond motifs is 19. The van der Waals surface area contributed by atoms with Crippen LogP contribution in [0.2, 0.25) is 0 Å². The van der Waals surface area contributed by atoms with E-state index in [-0.39, 0.29) is 138 Å². The third-order valence-electron chi connectivity index (χ3n) is 15.7. The minimum atomic E-state index is -1.14. The van der Waals surface area contributed by atoms with Crippen LogP contribution in [-0.4, -0.2) is 117 Å². The molecule has 0 atom stereocenters. The number of carbonyl (C=O) groups is 9. The van der Waals surface area contributed by atoms with Crippen LogP contribution in [-0.2, 0) is 106 Å². The fourth-order valence-electron chi connectivity index (χ4n) is 11.4. The first kappa shape index (κ1) is 71.6. The van der Waals surface area contributed by atoms with Gasteiger partial charge in [-0.25, -0.2) is 28.8 Å². The van der Waals surface area contributed by atoms with E-state index in [0.29, 0.717) is 74.9 Å². The summed E-state index contributed by atoms with van der Waals surface area (Å²) >= 11 is 0. The number of carboxylic acid groups (broad SMARTS) is 2. The molecule has 30 heteroatoms. The van der Waals surface area contributed by atoms with Crippen molar-refractivity contribution >= 4 is 88.2 Å². The van der Waals surface area contributed by atoms with Gasteiger partial charge in [-0.2, -0.15) is 0 Å². The lowest BCUT2D eigenvalue weighted by molar-refractivity contribution is -0.142. The number of urea groups is 6. The molecule has 3 heterocycles. The van der Waals surface area contributed by atoms with Gasteiger partial charge in [-0.3, -0.25) is 14.4 Å². The van der Waals surface area contributed by atoms with E-state index in [1.807, 2.05) is 20.8 Å². The average Bonchev–Trinajstić information content (AvgIpc) is 0.816. The Morgan fingerprint density at radius 1 is 0.474 bits per heavy atom. The molecule has 0 fully saturated rings. The zero-order chi connectivity index (χ0) is 68.6. The van der Waals surface area contributed by atoms with Crippen molar-refractivity contribution in [2.75, 3.05) is 84.6 Å². The maximum Gasteiger partial charge on any atom is 0.319 e. The summed E-state index contributed by atoms with van der Waals surface area (Å²) in [5, 5.41) is 57.5.